The first-order valence-corrected chi connectivity index (χ1v) is 11.3. The van der Waals surface area contributed by atoms with Gasteiger partial charge in [-0.1, -0.05) is 30.3 Å². The Morgan fingerprint density at radius 2 is 1.74 bits per heavy atom. The maximum atomic E-state index is 11.9. The molecule has 1 saturated heterocycles. The minimum absolute atomic E-state index is 0.0287. The Kier molecular flexibility index (Phi) is 6.91. The zero-order chi connectivity index (χ0) is 24.1. The minimum Gasteiger partial charge on any atom is -0.378 e. The van der Waals surface area contributed by atoms with Crippen LogP contribution in [0.3, 0.4) is 0 Å². The molecule has 0 bridgehead atoms. The van der Waals surface area contributed by atoms with Gasteiger partial charge in [-0.2, -0.15) is 0 Å². The SMILES string of the molecule is CC(=O)N1CCN(c2ccc(Nc3cc(NC(C)c4ccccc4)c(C(N)=O)cn3)cn2)CC1. The number of hydrogen-bond donors (Lipinski definition) is 3. The fourth-order valence-corrected chi connectivity index (χ4v) is 3.94. The van der Waals surface area contributed by atoms with Crippen molar-refractivity contribution in [3.63, 3.8) is 0 Å². The third-order valence-electron chi connectivity index (χ3n) is 5.91. The Bertz CT molecular complexity index is 1140. The van der Waals surface area contributed by atoms with Crippen molar-refractivity contribution >= 4 is 34.8 Å². The molecule has 0 aliphatic carbocycles. The van der Waals surface area contributed by atoms with Crippen molar-refractivity contribution in [2.75, 3.05) is 41.7 Å². The molecule has 3 aromatic rings. The van der Waals surface area contributed by atoms with Crippen LogP contribution in [-0.4, -0.2) is 52.9 Å². The van der Waals surface area contributed by atoms with Crippen molar-refractivity contribution < 1.29 is 9.59 Å². The van der Waals surface area contributed by atoms with Crippen LogP contribution in [0.25, 0.3) is 0 Å². The average Bonchev–Trinajstić information content (AvgIpc) is 2.85. The van der Waals surface area contributed by atoms with Crippen LogP contribution in [-0.2, 0) is 4.79 Å². The van der Waals surface area contributed by atoms with Crippen LogP contribution in [0.2, 0.25) is 0 Å². The van der Waals surface area contributed by atoms with Gasteiger partial charge in [0, 0.05) is 51.4 Å². The minimum atomic E-state index is -0.544. The summed E-state index contributed by atoms with van der Waals surface area (Å²) in [6.07, 6.45) is 3.22. The van der Waals surface area contributed by atoms with Crippen LogP contribution in [0, 0.1) is 0 Å². The van der Waals surface area contributed by atoms with E-state index in [0.717, 1.165) is 30.2 Å². The highest BCUT2D eigenvalue weighted by Crippen LogP contribution is 2.26. The van der Waals surface area contributed by atoms with Crippen LogP contribution >= 0.6 is 0 Å². The van der Waals surface area contributed by atoms with Crippen molar-refractivity contribution in [1.82, 2.24) is 14.9 Å². The van der Waals surface area contributed by atoms with Gasteiger partial charge in [0.15, 0.2) is 0 Å². The Morgan fingerprint density at radius 1 is 1.00 bits per heavy atom. The fraction of sp³-hybridized carbons (Fsp3) is 0.280. The summed E-state index contributed by atoms with van der Waals surface area (Å²) in [6.45, 7) is 6.52. The molecule has 0 radical (unpaired) electrons. The molecular weight excluding hydrogens is 430 g/mol. The van der Waals surface area contributed by atoms with E-state index in [1.54, 1.807) is 19.2 Å². The number of anilines is 4. The number of aromatic nitrogens is 2. The lowest BCUT2D eigenvalue weighted by molar-refractivity contribution is -0.129. The Hall–Kier alpha value is -4.14. The maximum absolute atomic E-state index is 11.9. The quantitative estimate of drug-likeness (QED) is 0.497. The molecule has 2 aromatic heterocycles. The van der Waals surface area contributed by atoms with Crippen molar-refractivity contribution in [2.45, 2.75) is 19.9 Å². The molecule has 1 unspecified atom stereocenters. The number of pyridine rings is 2. The molecule has 1 fully saturated rings. The second-order valence-electron chi connectivity index (χ2n) is 8.28. The van der Waals surface area contributed by atoms with Crippen molar-refractivity contribution in [3.05, 3.63) is 72.1 Å². The van der Waals surface area contributed by atoms with Gasteiger partial charge in [0.2, 0.25) is 5.91 Å². The first-order chi connectivity index (χ1) is 16.4. The summed E-state index contributed by atoms with van der Waals surface area (Å²) in [5.41, 5.74) is 8.36. The van der Waals surface area contributed by atoms with E-state index in [9.17, 15) is 9.59 Å². The number of carbonyl (C=O) groups excluding carboxylic acids is 2. The monoisotopic (exact) mass is 459 g/mol. The van der Waals surface area contributed by atoms with E-state index in [-0.39, 0.29) is 11.9 Å². The molecule has 4 rings (SSSR count). The van der Waals surface area contributed by atoms with Crippen LogP contribution in [0.4, 0.5) is 23.0 Å². The molecule has 0 spiro atoms. The lowest BCUT2D eigenvalue weighted by atomic mass is 10.1. The van der Waals surface area contributed by atoms with E-state index in [0.29, 0.717) is 30.2 Å². The van der Waals surface area contributed by atoms with Crippen molar-refractivity contribution in [3.8, 4) is 0 Å². The number of hydrogen-bond acceptors (Lipinski definition) is 7. The number of amides is 2. The highest BCUT2D eigenvalue weighted by molar-refractivity contribution is 5.98. The van der Waals surface area contributed by atoms with E-state index < -0.39 is 5.91 Å². The van der Waals surface area contributed by atoms with Gasteiger partial charge in [0.25, 0.3) is 5.91 Å². The van der Waals surface area contributed by atoms with Crippen molar-refractivity contribution in [1.29, 1.82) is 0 Å². The van der Waals surface area contributed by atoms with Gasteiger partial charge in [0.05, 0.1) is 23.1 Å². The molecule has 1 aromatic carbocycles. The largest absolute Gasteiger partial charge is 0.378 e. The van der Waals surface area contributed by atoms with E-state index in [4.69, 9.17) is 5.73 Å². The van der Waals surface area contributed by atoms with Gasteiger partial charge >= 0.3 is 0 Å². The Labute approximate surface area is 199 Å². The number of piperazine rings is 1. The molecular formula is C25H29N7O2. The van der Waals surface area contributed by atoms with E-state index in [1.165, 1.54) is 6.20 Å². The van der Waals surface area contributed by atoms with E-state index in [2.05, 4.69) is 25.5 Å². The van der Waals surface area contributed by atoms with E-state index in [1.807, 2.05) is 54.3 Å². The number of nitrogens with zero attached hydrogens (tertiary/aromatic N) is 4. The number of benzene rings is 1. The number of nitrogens with one attached hydrogen (secondary N) is 2. The zero-order valence-corrected chi connectivity index (χ0v) is 19.4. The first kappa shape index (κ1) is 23.0. The predicted molar refractivity (Wildman–Crippen MR) is 133 cm³/mol. The molecule has 1 atom stereocenters. The summed E-state index contributed by atoms with van der Waals surface area (Å²) in [7, 11) is 0. The molecule has 34 heavy (non-hydrogen) atoms. The molecule has 4 N–H and O–H groups in total. The van der Waals surface area contributed by atoms with Crippen LogP contribution in [0.5, 0.6) is 0 Å². The third-order valence-corrected chi connectivity index (χ3v) is 5.91. The van der Waals surface area contributed by atoms with Gasteiger partial charge in [-0.3, -0.25) is 9.59 Å². The second-order valence-corrected chi connectivity index (χ2v) is 8.28. The number of rotatable bonds is 7. The predicted octanol–water partition coefficient (Wildman–Crippen LogP) is 3.16. The third kappa shape index (κ3) is 5.43. The molecule has 3 heterocycles. The molecule has 176 valence electrons. The summed E-state index contributed by atoms with van der Waals surface area (Å²) in [5, 5.41) is 6.61. The highest BCUT2D eigenvalue weighted by atomic mass is 16.2. The van der Waals surface area contributed by atoms with Gasteiger partial charge in [-0.25, -0.2) is 9.97 Å². The Balaban J connectivity index is 1.46. The molecule has 2 amide bonds. The maximum Gasteiger partial charge on any atom is 0.252 e. The normalized spacial score (nSPS) is 14.4. The molecule has 0 saturated carbocycles. The fourth-order valence-electron chi connectivity index (χ4n) is 3.94. The van der Waals surface area contributed by atoms with Gasteiger partial charge in [0.1, 0.15) is 11.6 Å². The van der Waals surface area contributed by atoms with Crippen LogP contribution in [0.1, 0.15) is 35.8 Å². The van der Waals surface area contributed by atoms with Crippen molar-refractivity contribution in [2.24, 2.45) is 5.73 Å². The molecule has 9 nitrogen and oxygen atoms in total. The molecule has 1 aliphatic rings. The van der Waals surface area contributed by atoms with Crippen LogP contribution < -0.4 is 21.3 Å². The van der Waals surface area contributed by atoms with E-state index >= 15 is 0 Å². The topological polar surface area (TPSA) is 116 Å². The summed E-state index contributed by atoms with van der Waals surface area (Å²) in [5.74, 6) is 0.994. The number of primary amides is 1. The summed E-state index contributed by atoms with van der Waals surface area (Å²) < 4.78 is 0. The lowest BCUT2D eigenvalue weighted by Crippen LogP contribution is -2.48. The standard InChI is InChI=1S/C25H29N7O2/c1-17(19-6-4-3-5-7-19)29-22-14-23(27-16-21(22)25(26)34)30-20-8-9-24(28-15-20)32-12-10-31(11-13-32)18(2)33/h3-9,14-17H,10-13H2,1-2H3,(H2,26,34)(H2,27,29,30). The van der Waals surface area contributed by atoms with Crippen LogP contribution in [0.15, 0.2) is 60.9 Å². The summed E-state index contributed by atoms with van der Waals surface area (Å²) in [6, 6.07) is 15.6. The first-order valence-electron chi connectivity index (χ1n) is 11.3. The Morgan fingerprint density at radius 3 is 2.35 bits per heavy atom. The highest BCUT2D eigenvalue weighted by Gasteiger charge is 2.19. The second kappa shape index (κ2) is 10.2. The summed E-state index contributed by atoms with van der Waals surface area (Å²) >= 11 is 0. The van der Waals surface area contributed by atoms with Gasteiger partial charge in [-0.05, 0) is 24.6 Å². The number of nitrogens with two attached hydrogens (primary N) is 1. The van der Waals surface area contributed by atoms with Gasteiger partial charge in [-0.15, -0.1) is 0 Å². The zero-order valence-electron chi connectivity index (χ0n) is 19.4. The number of carbonyl (C=O) groups is 2. The smallest absolute Gasteiger partial charge is 0.252 e. The lowest BCUT2D eigenvalue weighted by Gasteiger charge is -2.34. The summed E-state index contributed by atoms with van der Waals surface area (Å²) in [4.78, 5) is 36.4. The average molecular weight is 460 g/mol. The van der Waals surface area contributed by atoms with Gasteiger partial charge < -0.3 is 26.2 Å². The molecule has 1 aliphatic heterocycles. The molecule has 9 heteroatoms.